The van der Waals surface area contributed by atoms with Crippen molar-refractivity contribution in [3.8, 4) is 0 Å². The van der Waals surface area contributed by atoms with Gasteiger partial charge in [0.2, 0.25) is 0 Å². The lowest BCUT2D eigenvalue weighted by atomic mass is 9.87. The van der Waals surface area contributed by atoms with Gasteiger partial charge in [-0.1, -0.05) is 18.2 Å². The molecule has 0 saturated heterocycles. The molecule has 2 bridgehead atoms. The van der Waals surface area contributed by atoms with Crippen LogP contribution in [0, 0.1) is 27.9 Å². The molecule has 1 saturated carbocycles. The number of rotatable bonds is 4. The van der Waals surface area contributed by atoms with Crippen molar-refractivity contribution in [3.63, 3.8) is 0 Å². The minimum atomic E-state index is -0.351. The van der Waals surface area contributed by atoms with E-state index < -0.39 is 0 Å². The molecule has 0 amide bonds. The van der Waals surface area contributed by atoms with Gasteiger partial charge in [-0.15, -0.1) is 0 Å². The smallest absolute Gasteiger partial charge is 0.271 e. The third-order valence-corrected chi connectivity index (χ3v) is 4.42. The molecule has 2 aliphatic carbocycles. The predicted molar refractivity (Wildman–Crippen MR) is 75.0 cm³/mol. The number of fused-ring (bicyclic) bond motifs is 2. The van der Waals surface area contributed by atoms with E-state index in [0.29, 0.717) is 17.9 Å². The first-order valence-electron chi connectivity index (χ1n) is 6.83. The van der Waals surface area contributed by atoms with Crippen molar-refractivity contribution in [2.75, 3.05) is 5.32 Å². The zero-order valence-corrected chi connectivity index (χ0v) is 11.0. The molecule has 0 radical (unpaired) electrons. The molecule has 1 N–H and O–H groups in total. The number of nitro groups is 1. The number of hydrogen-bond donors (Lipinski definition) is 1. The largest absolute Gasteiger partial charge is 0.382 e. The van der Waals surface area contributed by atoms with E-state index in [2.05, 4.69) is 24.4 Å². The van der Waals surface area contributed by atoms with Crippen molar-refractivity contribution in [2.24, 2.45) is 17.8 Å². The number of benzene rings is 1. The summed E-state index contributed by atoms with van der Waals surface area (Å²) in [6.45, 7) is 2.18. The van der Waals surface area contributed by atoms with E-state index in [4.69, 9.17) is 0 Å². The van der Waals surface area contributed by atoms with Gasteiger partial charge < -0.3 is 5.32 Å². The zero-order valence-electron chi connectivity index (χ0n) is 11.0. The molecule has 4 heteroatoms. The molecule has 4 nitrogen and oxygen atoms in total. The van der Waals surface area contributed by atoms with Crippen molar-refractivity contribution >= 4 is 11.4 Å². The summed E-state index contributed by atoms with van der Waals surface area (Å²) in [4.78, 5) is 10.4. The number of allylic oxidation sites excluding steroid dienone is 2. The van der Waals surface area contributed by atoms with Crippen molar-refractivity contribution in [3.05, 3.63) is 46.5 Å². The lowest BCUT2D eigenvalue weighted by Gasteiger charge is -2.27. The van der Waals surface area contributed by atoms with Gasteiger partial charge in [0.05, 0.1) is 4.92 Å². The van der Waals surface area contributed by atoms with Crippen LogP contribution >= 0.6 is 0 Å². The van der Waals surface area contributed by atoms with Gasteiger partial charge in [-0.3, -0.25) is 10.1 Å². The summed E-state index contributed by atoms with van der Waals surface area (Å²) in [5, 5.41) is 14.2. The van der Waals surface area contributed by atoms with Gasteiger partial charge >= 0.3 is 0 Å². The fourth-order valence-corrected chi connectivity index (χ4v) is 3.48. The second-order valence-corrected chi connectivity index (χ2v) is 5.68. The summed E-state index contributed by atoms with van der Waals surface area (Å²) in [6, 6.07) is 7.11. The van der Waals surface area contributed by atoms with E-state index in [9.17, 15) is 10.1 Å². The highest BCUT2D eigenvalue weighted by Gasteiger charge is 2.38. The quantitative estimate of drug-likeness (QED) is 0.510. The van der Waals surface area contributed by atoms with Crippen LogP contribution in [0.25, 0.3) is 0 Å². The first-order valence-corrected chi connectivity index (χ1v) is 6.83. The third-order valence-electron chi connectivity index (χ3n) is 4.42. The molecular formula is C15H18N2O2. The maximum Gasteiger partial charge on any atom is 0.271 e. The third kappa shape index (κ3) is 2.35. The molecule has 0 spiro atoms. The molecular weight excluding hydrogens is 240 g/mol. The Morgan fingerprint density at radius 2 is 2.21 bits per heavy atom. The highest BCUT2D eigenvalue weighted by atomic mass is 16.6. The fourth-order valence-electron chi connectivity index (χ4n) is 3.48. The lowest BCUT2D eigenvalue weighted by molar-refractivity contribution is -0.384. The average Bonchev–Trinajstić information content (AvgIpc) is 3.01. The summed E-state index contributed by atoms with van der Waals surface area (Å²) in [6.07, 6.45) is 7.20. The molecule has 0 heterocycles. The summed E-state index contributed by atoms with van der Waals surface area (Å²) in [7, 11) is 0. The molecule has 2 aliphatic rings. The average molecular weight is 258 g/mol. The summed E-state index contributed by atoms with van der Waals surface area (Å²) in [5.74, 6) is 2.09. The number of hydrogen-bond acceptors (Lipinski definition) is 3. The number of nitrogens with one attached hydrogen (secondary N) is 1. The van der Waals surface area contributed by atoms with Crippen LogP contribution in [0.5, 0.6) is 0 Å². The standard InChI is InChI=1S/C15H18N2O2/c1-10(15-8-11-5-6-12(15)7-11)16-13-3-2-4-14(9-13)17(18)19/h2-6,9-12,15-16H,7-8H2,1H3. The molecule has 19 heavy (non-hydrogen) atoms. The van der Waals surface area contributed by atoms with E-state index in [1.165, 1.54) is 18.9 Å². The first-order chi connectivity index (χ1) is 9.13. The molecule has 1 fully saturated rings. The minimum absolute atomic E-state index is 0.144. The molecule has 0 aromatic heterocycles. The van der Waals surface area contributed by atoms with E-state index in [1.54, 1.807) is 12.1 Å². The topological polar surface area (TPSA) is 55.2 Å². The number of non-ortho nitro benzene ring substituents is 1. The van der Waals surface area contributed by atoms with Gasteiger partial charge in [-0.05, 0) is 43.6 Å². The SMILES string of the molecule is CC(Nc1cccc([N+](=O)[O-])c1)C1CC2C=CC1C2. The molecule has 3 rings (SSSR count). The van der Waals surface area contributed by atoms with Gasteiger partial charge in [0.25, 0.3) is 5.69 Å². The van der Waals surface area contributed by atoms with Crippen molar-refractivity contribution < 1.29 is 4.92 Å². The Kier molecular flexibility index (Phi) is 3.01. The van der Waals surface area contributed by atoms with Crippen molar-refractivity contribution in [2.45, 2.75) is 25.8 Å². The Morgan fingerprint density at radius 3 is 2.84 bits per heavy atom. The highest BCUT2D eigenvalue weighted by Crippen LogP contribution is 2.45. The molecule has 0 aliphatic heterocycles. The maximum absolute atomic E-state index is 10.8. The Balaban J connectivity index is 1.69. The minimum Gasteiger partial charge on any atom is -0.382 e. The van der Waals surface area contributed by atoms with Crippen LogP contribution in [0.2, 0.25) is 0 Å². The molecule has 1 aromatic carbocycles. The Labute approximate surface area is 112 Å². The predicted octanol–water partition coefficient (Wildman–Crippen LogP) is 3.61. The lowest BCUT2D eigenvalue weighted by Crippen LogP contribution is -2.28. The van der Waals surface area contributed by atoms with Crippen LogP contribution < -0.4 is 5.32 Å². The first kappa shape index (κ1) is 12.2. The summed E-state index contributed by atoms with van der Waals surface area (Å²) < 4.78 is 0. The monoisotopic (exact) mass is 258 g/mol. The Morgan fingerprint density at radius 1 is 1.37 bits per heavy atom. The number of nitro benzene ring substituents is 1. The van der Waals surface area contributed by atoms with Gasteiger partial charge in [0.15, 0.2) is 0 Å². The van der Waals surface area contributed by atoms with Gasteiger partial charge in [-0.2, -0.15) is 0 Å². The van der Waals surface area contributed by atoms with Crippen LogP contribution in [0.15, 0.2) is 36.4 Å². The van der Waals surface area contributed by atoms with E-state index >= 15 is 0 Å². The normalized spacial score (nSPS) is 29.4. The maximum atomic E-state index is 10.8. The Hall–Kier alpha value is -1.84. The van der Waals surface area contributed by atoms with Crippen LogP contribution in [0.3, 0.4) is 0 Å². The zero-order chi connectivity index (χ0) is 13.4. The van der Waals surface area contributed by atoms with Crippen LogP contribution in [-0.2, 0) is 0 Å². The number of nitrogens with zero attached hydrogens (tertiary/aromatic N) is 1. The van der Waals surface area contributed by atoms with Crippen molar-refractivity contribution in [1.29, 1.82) is 0 Å². The van der Waals surface area contributed by atoms with Crippen molar-refractivity contribution in [1.82, 2.24) is 0 Å². The van der Waals surface area contributed by atoms with Crippen LogP contribution in [0.4, 0.5) is 11.4 Å². The van der Waals surface area contributed by atoms with E-state index in [-0.39, 0.29) is 10.6 Å². The molecule has 4 atom stereocenters. The summed E-state index contributed by atoms with van der Waals surface area (Å²) >= 11 is 0. The fraction of sp³-hybridized carbons (Fsp3) is 0.467. The Bertz CT molecular complexity index is 527. The molecule has 100 valence electrons. The molecule has 4 unspecified atom stereocenters. The van der Waals surface area contributed by atoms with Gasteiger partial charge in [-0.25, -0.2) is 0 Å². The second kappa shape index (κ2) is 4.68. The van der Waals surface area contributed by atoms with E-state index in [1.807, 2.05) is 6.07 Å². The molecule has 1 aromatic rings. The second-order valence-electron chi connectivity index (χ2n) is 5.68. The van der Waals surface area contributed by atoms with Gasteiger partial charge in [0.1, 0.15) is 0 Å². The van der Waals surface area contributed by atoms with Crippen LogP contribution in [-0.4, -0.2) is 11.0 Å². The summed E-state index contributed by atoms with van der Waals surface area (Å²) in [5.41, 5.74) is 0.985. The van der Waals surface area contributed by atoms with Crippen LogP contribution in [0.1, 0.15) is 19.8 Å². The number of anilines is 1. The van der Waals surface area contributed by atoms with E-state index in [0.717, 1.165) is 11.6 Å². The van der Waals surface area contributed by atoms with Gasteiger partial charge in [0, 0.05) is 23.9 Å². The highest BCUT2D eigenvalue weighted by molar-refractivity contribution is 5.51.